The van der Waals surface area contributed by atoms with Gasteiger partial charge in [0.1, 0.15) is 0 Å². The molecule has 184 valence electrons. The molecule has 0 spiro atoms. The molecule has 5 heteroatoms. The summed E-state index contributed by atoms with van der Waals surface area (Å²) in [5, 5.41) is 7.15. The number of carbonyl (C=O) groups excluding carboxylic acids is 1. The summed E-state index contributed by atoms with van der Waals surface area (Å²) in [7, 11) is 4.37. The summed E-state index contributed by atoms with van der Waals surface area (Å²) in [6.45, 7) is 0.562. The number of rotatable bonds is 7. The molecule has 0 radical (unpaired) electrons. The Labute approximate surface area is 213 Å². The summed E-state index contributed by atoms with van der Waals surface area (Å²) in [6.07, 6.45) is 6.19. The third-order valence-electron chi connectivity index (χ3n) is 7.49. The second-order valence-corrected chi connectivity index (χ2v) is 9.75. The van der Waals surface area contributed by atoms with Gasteiger partial charge in [-0.2, -0.15) is 0 Å². The van der Waals surface area contributed by atoms with Crippen LogP contribution in [0.3, 0.4) is 0 Å². The Bertz CT molecular complexity index is 1360. The van der Waals surface area contributed by atoms with Crippen molar-refractivity contribution >= 4 is 28.2 Å². The van der Waals surface area contributed by atoms with Crippen molar-refractivity contribution in [1.82, 2.24) is 15.2 Å². The van der Waals surface area contributed by atoms with E-state index in [4.69, 9.17) is 0 Å². The van der Waals surface area contributed by atoms with E-state index in [0.717, 1.165) is 36.9 Å². The lowest BCUT2D eigenvalue weighted by atomic mass is 9.75. The summed E-state index contributed by atoms with van der Waals surface area (Å²) in [6, 6.07) is 28.7. The summed E-state index contributed by atoms with van der Waals surface area (Å²) in [5.74, 6) is 0. The van der Waals surface area contributed by atoms with Crippen LogP contribution >= 0.6 is 0 Å². The maximum atomic E-state index is 12.4. The minimum absolute atomic E-state index is 0.00796. The van der Waals surface area contributed by atoms with E-state index < -0.39 is 0 Å². The summed E-state index contributed by atoms with van der Waals surface area (Å²) < 4.78 is 0. The second-order valence-electron chi connectivity index (χ2n) is 9.75. The SMILES string of the molecule is CN(C)C1(c2ccccc2)CC=C(c2[nH]c3ccccc3c2CCNC(=O)Nc2ccccc2)CC1. The topological polar surface area (TPSA) is 60.2 Å². The van der Waals surface area contributed by atoms with Gasteiger partial charge in [0.2, 0.25) is 0 Å². The highest BCUT2D eigenvalue weighted by atomic mass is 16.2. The van der Waals surface area contributed by atoms with Crippen LogP contribution in [-0.2, 0) is 12.0 Å². The van der Waals surface area contributed by atoms with E-state index in [-0.39, 0.29) is 11.6 Å². The number of urea groups is 1. The molecule has 4 aromatic rings. The molecule has 0 fully saturated rings. The van der Waals surface area contributed by atoms with Crippen LogP contribution in [0, 0.1) is 0 Å². The first-order chi connectivity index (χ1) is 17.6. The highest BCUT2D eigenvalue weighted by Gasteiger charge is 2.36. The number of aromatic amines is 1. The maximum absolute atomic E-state index is 12.4. The molecule has 0 aliphatic heterocycles. The smallest absolute Gasteiger partial charge is 0.319 e. The Morgan fingerprint density at radius 2 is 1.64 bits per heavy atom. The zero-order valence-electron chi connectivity index (χ0n) is 21.1. The van der Waals surface area contributed by atoms with Crippen LogP contribution < -0.4 is 10.6 Å². The van der Waals surface area contributed by atoms with Crippen molar-refractivity contribution in [3.05, 3.63) is 108 Å². The molecule has 2 amide bonds. The molecule has 1 aliphatic rings. The van der Waals surface area contributed by atoms with E-state index in [0.29, 0.717) is 6.54 Å². The number of fused-ring (bicyclic) bond motifs is 1. The Morgan fingerprint density at radius 3 is 2.33 bits per heavy atom. The highest BCUT2D eigenvalue weighted by molar-refractivity contribution is 5.90. The van der Waals surface area contributed by atoms with Crippen LogP contribution in [-0.4, -0.2) is 36.6 Å². The second kappa shape index (κ2) is 10.4. The number of amides is 2. The van der Waals surface area contributed by atoms with Gasteiger partial charge in [-0.05, 0) is 74.7 Å². The van der Waals surface area contributed by atoms with Gasteiger partial charge in [-0.3, -0.25) is 4.90 Å². The van der Waals surface area contributed by atoms with Gasteiger partial charge in [-0.1, -0.05) is 72.8 Å². The van der Waals surface area contributed by atoms with Crippen molar-refractivity contribution in [2.45, 2.75) is 31.2 Å². The zero-order valence-corrected chi connectivity index (χ0v) is 21.1. The van der Waals surface area contributed by atoms with Crippen LogP contribution in [0.1, 0.15) is 36.1 Å². The first kappa shape index (κ1) is 23.9. The number of hydrogen-bond donors (Lipinski definition) is 3. The van der Waals surface area contributed by atoms with Gasteiger partial charge in [-0.15, -0.1) is 0 Å². The number of allylic oxidation sites excluding steroid dienone is 1. The number of anilines is 1. The lowest BCUT2D eigenvalue weighted by molar-refractivity contribution is 0.138. The van der Waals surface area contributed by atoms with Crippen molar-refractivity contribution in [1.29, 1.82) is 0 Å². The van der Waals surface area contributed by atoms with Gasteiger partial charge >= 0.3 is 6.03 Å². The van der Waals surface area contributed by atoms with Gasteiger partial charge in [0, 0.05) is 34.4 Å². The molecule has 36 heavy (non-hydrogen) atoms. The lowest BCUT2D eigenvalue weighted by Gasteiger charge is -2.43. The number of aromatic nitrogens is 1. The summed E-state index contributed by atoms with van der Waals surface area (Å²) in [5.41, 5.74) is 7.16. The predicted molar refractivity (Wildman–Crippen MR) is 149 cm³/mol. The third kappa shape index (κ3) is 4.79. The van der Waals surface area contributed by atoms with Gasteiger partial charge in [-0.25, -0.2) is 4.79 Å². The van der Waals surface area contributed by atoms with Crippen molar-refractivity contribution < 1.29 is 4.79 Å². The van der Waals surface area contributed by atoms with Crippen LogP contribution in [0.5, 0.6) is 0 Å². The normalized spacial score (nSPS) is 17.7. The Balaban J connectivity index is 1.36. The van der Waals surface area contributed by atoms with Crippen molar-refractivity contribution in [3.63, 3.8) is 0 Å². The highest BCUT2D eigenvalue weighted by Crippen LogP contribution is 2.43. The minimum Gasteiger partial charge on any atom is -0.355 e. The summed E-state index contributed by atoms with van der Waals surface area (Å²) in [4.78, 5) is 18.5. The minimum atomic E-state index is -0.182. The Hall–Kier alpha value is -3.83. The van der Waals surface area contributed by atoms with Gasteiger partial charge in [0.05, 0.1) is 0 Å². The first-order valence-electron chi connectivity index (χ1n) is 12.7. The van der Waals surface area contributed by atoms with E-state index in [1.54, 1.807) is 0 Å². The molecule has 1 aromatic heterocycles. The van der Waals surface area contributed by atoms with Crippen molar-refractivity contribution in [2.24, 2.45) is 0 Å². The molecule has 1 heterocycles. The molecular formula is C31H34N4O. The molecule has 0 saturated carbocycles. The number of benzene rings is 3. The monoisotopic (exact) mass is 478 g/mol. The number of hydrogen-bond acceptors (Lipinski definition) is 2. The van der Waals surface area contributed by atoms with Crippen LogP contribution in [0.2, 0.25) is 0 Å². The first-order valence-corrected chi connectivity index (χ1v) is 12.7. The van der Waals surface area contributed by atoms with E-state index in [2.05, 4.69) is 95.3 Å². The molecule has 0 bridgehead atoms. The lowest BCUT2D eigenvalue weighted by Crippen LogP contribution is -2.42. The Morgan fingerprint density at radius 1 is 0.944 bits per heavy atom. The fourth-order valence-corrected chi connectivity index (χ4v) is 5.47. The molecule has 3 aromatic carbocycles. The zero-order chi connectivity index (χ0) is 25.0. The van der Waals surface area contributed by atoms with Crippen LogP contribution in [0.15, 0.2) is 91.0 Å². The largest absolute Gasteiger partial charge is 0.355 e. The van der Waals surface area contributed by atoms with Gasteiger partial charge in [0.15, 0.2) is 0 Å². The quantitative estimate of drug-likeness (QED) is 0.282. The van der Waals surface area contributed by atoms with Gasteiger partial charge in [0.25, 0.3) is 0 Å². The van der Waals surface area contributed by atoms with Gasteiger partial charge < -0.3 is 15.6 Å². The molecular weight excluding hydrogens is 444 g/mol. The van der Waals surface area contributed by atoms with E-state index in [1.165, 1.54) is 27.8 Å². The number of nitrogens with zero attached hydrogens (tertiary/aromatic N) is 1. The molecule has 1 atom stereocenters. The molecule has 1 aliphatic carbocycles. The maximum Gasteiger partial charge on any atom is 0.319 e. The van der Waals surface area contributed by atoms with E-state index in [1.807, 2.05) is 30.3 Å². The fourth-order valence-electron chi connectivity index (χ4n) is 5.47. The fraction of sp³-hybridized carbons (Fsp3) is 0.258. The number of carbonyl (C=O) groups is 1. The summed E-state index contributed by atoms with van der Waals surface area (Å²) >= 11 is 0. The molecule has 0 saturated heterocycles. The average molecular weight is 479 g/mol. The standard InChI is InChI=1S/C31H34N4O/c1-35(2)31(24-11-5-3-6-12-24)20-17-23(18-21-31)29-27(26-15-9-10-16-28(26)34-29)19-22-32-30(36)33-25-13-7-4-8-14-25/h3-17,34H,18-22H2,1-2H3,(H2,32,33,36). The van der Waals surface area contributed by atoms with Crippen molar-refractivity contribution in [2.75, 3.05) is 26.0 Å². The molecule has 5 rings (SSSR count). The van der Waals surface area contributed by atoms with E-state index in [9.17, 15) is 4.79 Å². The number of nitrogens with one attached hydrogen (secondary N) is 3. The molecule has 1 unspecified atom stereocenters. The molecule has 5 nitrogen and oxygen atoms in total. The Kier molecular flexibility index (Phi) is 6.92. The average Bonchev–Trinajstić information content (AvgIpc) is 3.28. The van der Waals surface area contributed by atoms with Crippen molar-refractivity contribution in [3.8, 4) is 0 Å². The number of para-hydroxylation sites is 2. The predicted octanol–water partition coefficient (Wildman–Crippen LogP) is 6.56. The number of H-pyrrole nitrogens is 1. The van der Waals surface area contributed by atoms with E-state index >= 15 is 0 Å². The van der Waals surface area contributed by atoms with Crippen LogP contribution in [0.4, 0.5) is 10.5 Å². The van der Waals surface area contributed by atoms with Crippen LogP contribution in [0.25, 0.3) is 16.5 Å². The third-order valence-corrected chi connectivity index (χ3v) is 7.49. The molecule has 3 N–H and O–H groups in total.